The van der Waals surface area contributed by atoms with Crippen molar-refractivity contribution in [2.75, 3.05) is 34.5 Å². The monoisotopic (exact) mass is 413 g/mol. The van der Waals surface area contributed by atoms with Gasteiger partial charge in [-0.1, -0.05) is 25.1 Å². The molecule has 0 aromatic heterocycles. The lowest BCUT2D eigenvalue weighted by molar-refractivity contribution is -0.116. The molecular formula is C24H31NO5. The summed E-state index contributed by atoms with van der Waals surface area (Å²) in [5.74, 6) is 2.34. The Kier molecular flexibility index (Phi) is 9.58. The normalized spacial score (nSPS) is 10.7. The Morgan fingerprint density at radius 2 is 1.73 bits per heavy atom. The molecule has 2 aromatic rings. The Hall–Kier alpha value is -3.15. The van der Waals surface area contributed by atoms with Crippen LogP contribution in [0, 0.1) is 0 Å². The highest BCUT2D eigenvalue weighted by molar-refractivity contribution is 5.92. The largest absolute Gasteiger partial charge is 0.493 e. The number of para-hydroxylation sites is 1. The van der Waals surface area contributed by atoms with Gasteiger partial charge in [0.15, 0.2) is 11.5 Å². The van der Waals surface area contributed by atoms with Crippen molar-refractivity contribution in [3.05, 3.63) is 53.6 Å². The topological polar surface area (TPSA) is 66.0 Å². The van der Waals surface area contributed by atoms with Crippen LogP contribution in [0.25, 0.3) is 6.08 Å². The lowest BCUT2D eigenvalue weighted by Crippen LogP contribution is -2.22. The summed E-state index contributed by atoms with van der Waals surface area (Å²) in [6, 6.07) is 11.6. The number of rotatable bonds is 12. The quantitative estimate of drug-likeness (QED) is 0.416. The van der Waals surface area contributed by atoms with Crippen LogP contribution in [-0.2, 0) is 11.2 Å². The zero-order valence-electron chi connectivity index (χ0n) is 18.2. The standard InChI is InChI=1S/C24H31NO5/c1-5-17-30-20-11-7-6-9-18(20)10-8-16-25-22(26)15-13-19-12-14-21(27-2)24(29-4)23(19)28-3/h6-7,9,11-15H,5,8,10,16-17H2,1-4H3,(H,25,26)/b15-13+. The summed E-state index contributed by atoms with van der Waals surface area (Å²) in [6.07, 6.45) is 5.83. The van der Waals surface area contributed by atoms with Gasteiger partial charge in [0.25, 0.3) is 0 Å². The number of ether oxygens (including phenoxy) is 4. The summed E-state index contributed by atoms with van der Waals surface area (Å²) in [6.45, 7) is 3.37. The highest BCUT2D eigenvalue weighted by atomic mass is 16.5. The first kappa shape index (κ1) is 23.1. The molecule has 0 unspecified atom stereocenters. The lowest BCUT2D eigenvalue weighted by Gasteiger charge is -2.14. The summed E-state index contributed by atoms with van der Waals surface area (Å²) >= 11 is 0. The number of methoxy groups -OCH3 is 3. The number of hydrogen-bond acceptors (Lipinski definition) is 5. The maximum atomic E-state index is 12.2. The molecule has 0 saturated heterocycles. The van der Waals surface area contributed by atoms with E-state index in [0.29, 0.717) is 30.4 Å². The molecule has 162 valence electrons. The van der Waals surface area contributed by atoms with Crippen molar-refractivity contribution in [1.29, 1.82) is 0 Å². The van der Waals surface area contributed by atoms with Gasteiger partial charge in [-0.15, -0.1) is 0 Å². The van der Waals surface area contributed by atoms with Crippen LogP contribution < -0.4 is 24.3 Å². The summed E-state index contributed by atoms with van der Waals surface area (Å²) in [7, 11) is 4.66. The first-order valence-corrected chi connectivity index (χ1v) is 10.1. The highest BCUT2D eigenvalue weighted by Crippen LogP contribution is 2.40. The molecule has 0 heterocycles. The minimum atomic E-state index is -0.164. The molecule has 0 aliphatic carbocycles. The summed E-state index contributed by atoms with van der Waals surface area (Å²) in [5.41, 5.74) is 1.89. The first-order chi connectivity index (χ1) is 14.6. The third-order valence-corrected chi connectivity index (χ3v) is 4.51. The number of carbonyl (C=O) groups is 1. The van der Waals surface area contributed by atoms with Crippen molar-refractivity contribution >= 4 is 12.0 Å². The van der Waals surface area contributed by atoms with Crippen LogP contribution in [-0.4, -0.2) is 40.4 Å². The van der Waals surface area contributed by atoms with Crippen LogP contribution in [0.4, 0.5) is 0 Å². The molecule has 0 aliphatic rings. The van der Waals surface area contributed by atoms with Crippen molar-refractivity contribution in [2.24, 2.45) is 0 Å². The Labute approximate surface area is 178 Å². The molecule has 30 heavy (non-hydrogen) atoms. The van der Waals surface area contributed by atoms with Gasteiger partial charge in [-0.25, -0.2) is 0 Å². The van der Waals surface area contributed by atoms with Crippen LogP contribution in [0.1, 0.15) is 30.9 Å². The van der Waals surface area contributed by atoms with Crippen LogP contribution in [0.2, 0.25) is 0 Å². The van der Waals surface area contributed by atoms with E-state index in [4.69, 9.17) is 18.9 Å². The zero-order chi connectivity index (χ0) is 21.8. The molecule has 0 spiro atoms. The molecule has 2 rings (SSSR count). The Balaban J connectivity index is 1.89. The van der Waals surface area contributed by atoms with Crippen LogP contribution >= 0.6 is 0 Å². The minimum Gasteiger partial charge on any atom is -0.493 e. The van der Waals surface area contributed by atoms with Crippen LogP contribution in [0.5, 0.6) is 23.0 Å². The van der Waals surface area contributed by atoms with Gasteiger partial charge in [-0.3, -0.25) is 4.79 Å². The van der Waals surface area contributed by atoms with Gasteiger partial charge in [0.1, 0.15) is 5.75 Å². The fraction of sp³-hybridized carbons (Fsp3) is 0.375. The highest BCUT2D eigenvalue weighted by Gasteiger charge is 2.14. The minimum absolute atomic E-state index is 0.164. The molecular weight excluding hydrogens is 382 g/mol. The third-order valence-electron chi connectivity index (χ3n) is 4.51. The van der Waals surface area contributed by atoms with Crippen LogP contribution in [0.3, 0.4) is 0 Å². The van der Waals surface area contributed by atoms with Gasteiger partial charge in [0.2, 0.25) is 11.7 Å². The van der Waals surface area contributed by atoms with Crippen molar-refractivity contribution in [3.63, 3.8) is 0 Å². The van der Waals surface area contributed by atoms with Crippen molar-refractivity contribution in [2.45, 2.75) is 26.2 Å². The zero-order valence-corrected chi connectivity index (χ0v) is 18.2. The molecule has 0 fully saturated rings. The SMILES string of the molecule is CCCOc1ccccc1CCCNC(=O)/C=C/c1ccc(OC)c(OC)c1OC. The number of hydrogen-bond donors (Lipinski definition) is 1. The lowest BCUT2D eigenvalue weighted by atomic mass is 10.1. The molecule has 0 aliphatic heterocycles. The Morgan fingerprint density at radius 1 is 0.967 bits per heavy atom. The number of nitrogens with one attached hydrogen (secondary N) is 1. The van der Waals surface area contributed by atoms with Gasteiger partial charge >= 0.3 is 0 Å². The molecule has 0 atom stereocenters. The molecule has 0 saturated carbocycles. The van der Waals surface area contributed by atoms with E-state index < -0.39 is 0 Å². The number of amides is 1. The predicted molar refractivity (Wildman–Crippen MR) is 119 cm³/mol. The van der Waals surface area contributed by atoms with E-state index in [1.807, 2.05) is 24.3 Å². The third kappa shape index (κ3) is 6.44. The molecule has 6 nitrogen and oxygen atoms in total. The van der Waals surface area contributed by atoms with Crippen molar-refractivity contribution < 1.29 is 23.7 Å². The molecule has 1 amide bonds. The van der Waals surface area contributed by atoms with Crippen molar-refractivity contribution in [3.8, 4) is 23.0 Å². The van der Waals surface area contributed by atoms with Gasteiger partial charge in [-0.05, 0) is 49.1 Å². The maximum absolute atomic E-state index is 12.2. The second-order valence-corrected chi connectivity index (χ2v) is 6.61. The van der Waals surface area contributed by atoms with Crippen molar-refractivity contribution in [1.82, 2.24) is 5.32 Å². The fourth-order valence-corrected chi connectivity index (χ4v) is 3.03. The first-order valence-electron chi connectivity index (χ1n) is 10.1. The average Bonchev–Trinajstić information content (AvgIpc) is 2.78. The smallest absolute Gasteiger partial charge is 0.244 e. The number of aryl methyl sites for hydroxylation is 1. The van der Waals surface area contributed by atoms with E-state index in [-0.39, 0.29) is 5.91 Å². The second kappa shape index (κ2) is 12.4. The van der Waals surface area contributed by atoms with E-state index in [9.17, 15) is 4.79 Å². The molecule has 2 aromatic carbocycles. The van der Waals surface area contributed by atoms with E-state index in [1.165, 1.54) is 6.08 Å². The number of benzene rings is 2. The number of carbonyl (C=O) groups excluding carboxylic acids is 1. The summed E-state index contributed by atoms with van der Waals surface area (Å²) in [4.78, 5) is 12.2. The van der Waals surface area contributed by atoms with Gasteiger partial charge in [0.05, 0.1) is 27.9 Å². The molecule has 6 heteroatoms. The second-order valence-electron chi connectivity index (χ2n) is 6.61. The fourth-order valence-electron chi connectivity index (χ4n) is 3.03. The van der Waals surface area contributed by atoms with E-state index in [1.54, 1.807) is 33.5 Å². The van der Waals surface area contributed by atoms with Crippen LogP contribution in [0.15, 0.2) is 42.5 Å². The molecule has 0 bridgehead atoms. The van der Waals surface area contributed by atoms with Gasteiger partial charge in [0, 0.05) is 18.2 Å². The Morgan fingerprint density at radius 3 is 2.43 bits per heavy atom. The van der Waals surface area contributed by atoms with E-state index in [0.717, 1.165) is 36.1 Å². The average molecular weight is 414 g/mol. The molecule has 1 N–H and O–H groups in total. The Bertz CT molecular complexity index is 847. The molecule has 0 radical (unpaired) electrons. The van der Waals surface area contributed by atoms with E-state index in [2.05, 4.69) is 18.3 Å². The predicted octanol–water partition coefficient (Wildman–Crippen LogP) is 4.26. The van der Waals surface area contributed by atoms with Gasteiger partial charge in [-0.2, -0.15) is 0 Å². The summed E-state index contributed by atoms with van der Waals surface area (Å²) < 4.78 is 21.8. The van der Waals surface area contributed by atoms with Gasteiger partial charge < -0.3 is 24.3 Å². The van der Waals surface area contributed by atoms with E-state index >= 15 is 0 Å². The maximum Gasteiger partial charge on any atom is 0.244 e. The summed E-state index contributed by atoms with van der Waals surface area (Å²) in [5, 5.41) is 2.91.